The van der Waals surface area contributed by atoms with E-state index in [0.29, 0.717) is 6.04 Å². The van der Waals surface area contributed by atoms with Crippen molar-refractivity contribution < 1.29 is 9.53 Å². The second kappa shape index (κ2) is 7.03. The molecule has 4 rings (SSSR count). The lowest BCUT2D eigenvalue weighted by molar-refractivity contribution is 0.0926. The van der Waals surface area contributed by atoms with E-state index in [1.54, 1.807) is 24.0 Å². The van der Waals surface area contributed by atoms with Crippen molar-refractivity contribution in [2.45, 2.75) is 56.7 Å². The van der Waals surface area contributed by atoms with Crippen molar-refractivity contribution in [3.63, 3.8) is 0 Å². The highest BCUT2D eigenvalue weighted by Gasteiger charge is 2.25. The molecule has 0 aromatic carbocycles. The summed E-state index contributed by atoms with van der Waals surface area (Å²) in [6, 6.07) is 4.69. The quantitative estimate of drug-likeness (QED) is 0.923. The number of amides is 1. The molecule has 1 aliphatic heterocycles. The van der Waals surface area contributed by atoms with Crippen LogP contribution in [0.4, 0.5) is 0 Å². The number of thiophene rings is 1. The van der Waals surface area contributed by atoms with Gasteiger partial charge in [0.25, 0.3) is 5.91 Å². The normalized spacial score (nSPS) is 27.2. The van der Waals surface area contributed by atoms with Crippen molar-refractivity contribution >= 4 is 17.2 Å². The van der Waals surface area contributed by atoms with Crippen LogP contribution in [0.5, 0.6) is 0 Å². The molecule has 1 aliphatic carbocycles. The Hall–Kier alpha value is -1.73. The molecule has 1 N–H and O–H groups in total. The summed E-state index contributed by atoms with van der Waals surface area (Å²) in [5.74, 6) is 0.0528. The van der Waals surface area contributed by atoms with E-state index in [1.165, 1.54) is 4.88 Å². The van der Waals surface area contributed by atoms with Gasteiger partial charge in [-0.3, -0.25) is 4.79 Å². The molecule has 24 heavy (non-hydrogen) atoms. The third-order valence-corrected chi connectivity index (χ3v) is 6.16. The maximum Gasteiger partial charge on any atom is 0.261 e. The minimum atomic E-state index is 0.0528. The third kappa shape index (κ3) is 3.37. The number of aromatic nitrogens is 3. The fraction of sp³-hybridized carbons (Fsp3) is 0.588. The van der Waals surface area contributed by atoms with Gasteiger partial charge in [0.2, 0.25) is 0 Å². The van der Waals surface area contributed by atoms with Gasteiger partial charge in [-0.2, -0.15) is 0 Å². The van der Waals surface area contributed by atoms with E-state index in [9.17, 15) is 4.79 Å². The molecule has 0 radical (unpaired) electrons. The average molecular weight is 346 g/mol. The summed E-state index contributed by atoms with van der Waals surface area (Å²) in [5.41, 5.74) is 0. The Balaban J connectivity index is 1.30. The molecule has 0 unspecified atom stereocenters. The highest BCUT2D eigenvalue weighted by Crippen LogP contribution is 2.33. The molecule has 1 amide bonds. The highest BCUT2D eigenvalue weighted by atomic mass is 32.1. The van der Waals surface area contributed by atoms with Crippen LogP contribution in [-0.2, 0) is 4.74 Å². The molecule has 6 nitrogen and oxygen atoms in total. The molecule has 2 aliphatic rings. The van der Waals surface area contributed by atoms with Gasteiger partial charge in [-0.05, 0) is 50.7 Å². The third-order valence-electron chi connectivity index (χ3n) is 4.99. The van der Waals surface area contributed by atoms with Crippen LogP contribution in [0.2, 0.25) is 0 Å². The van der Waals surface area contributed by atoms with Crippen LogP contribution in [0.1, 0.15) is 65.2 Å². The predicted octanol–water partition coefficient (Wildman–Crippen LogP) is 3.10. The first kappa shape index (κ1) is 15.8. The van der Waals surface area contributed by atoms with Gasteiger partial charge in [0.1, 0.15) is 12.7 Å². The van der Waals surface area contributed by atoms with Crippen molar-refractivity contribution in [3.8, 4) is 0 Å². The second-order valence-electron chi connectivity index (χ2n) is 6.59. The largest absolute Gasteiger partial charge is 0.373 e. The molecule has 2 fully saturated rings. The topological polar surface area (TPSA) is 69.0 Å². The van der Waals surface area contributed by atoms with Crippen LogP contribution in [0, 0.1) is 0 Å². The van der Waals surface area contributed by atoms with Crippen LogP contribution in [0.3, 0.4) is 0 Å². The van der Waals surface area contributed by atoms with Crippen molar-refractivity contribution in [2.75, 3.05) is 6.61 Å². The van der Waals surface area contributed by atoms with Crippen LogP contribution in [-0.4, -0.2) is 33.3 Å². The lowest BCUT2D eigenvalue weighted by Crippen LogP contribution is -2.37. The lowest BCUT2D eigenvalue weighted by Gasteiger charge is -2.29. The Morgan fingerprint density at radius 1 is 1.17 bits per heavy atom. The van der Waals surface area contributed by atoms with Crippen LogP contribution in [0.25, 0.3) is 0 Å². The fourth-order valence-electron chi connectivity index (χ4n) is 3.62. The Morgan fingerprint density at radius 2 is 1.96 bits per heavy atom. The van der Waals surface area contributed by atoms with Gasteiger partial charge in [-0.1, -0.05) is 0 Å². The predicted molar refractivity (Wildman–Crippen MR) is 91.0 cm³/mol. The van der Waals surface area contributed by atoms with Gasteiger partial charge >= 0.3 is 0 Å². The van der Waals surface area contributed by atoms with E-state index in [0.717, 1.165) is 50.0 Å². The Labute approximate surface area is 145 Å². The fourth-order valence-corrected chi connectivity index (χ4v) is 4.62. The number of ether oxygens (including phenoxy) is 1. The molecule has 1 atom stereocenters. The van der Waals surface area contributed by atoms with Gasteiger partial charge < -0.3 is 14.6 Å². The second-order valence-corrected chi connectivity index (χ2v) is 7.71. The first-order valence-electron chi connectivity index (χ1n) is 8.66. The molecule has 2 aromatic heterocycles. The zero-order chi connectivity index (χ0) is 16.4. The standard InChI is InChI=1S/C17H22N4O2S/c22-17(16-8-7-15(24-16)14-2-1-9-23-14)20-12-3-5-13(6-4-12)21-10-18-19-11-21/h7-8,10-14H,1-6,9H2,(H,20,22)/t12?,13?,14-/m0/s1. The monoisotopic (exact) mass is 346 g/mol. The van der Waals surface area contributed by atoms with Gasteiger partial charge in [-0.15, -0.1) is 21.5 Å². The first-order chi connectivity index (χ1) is 11.8. The summed E-state index contributed by atoms with van der Waals surface area (Å²) < 4.78 is 7.77. The molecular weight excluding hydrogens is 324 g/mol. The molecule has 1 saturated heterocycles. The van der Waals surface area contributed by atoms with E-state index in [2.05, 4.69) is 20.1 Å². The molecule has 3 heterocycles. The van der Waals surface area contributed by atoms with E-state index in [4.69, 9.17) is 4.74 Å². The van der Waals surface area contributed by atoms with Crippen molar-refractivity contribution in [1.82, 2.24) is 20.1 Å². The van der Waals surface area contributed by atoms with Crippen LogP contribution < -0.4 is 5.32 Å². The maximum absolute atomic E-state index is 12.5. The number of nitrogens with one attached hydrogen (secondary N) is 1. The maximum atomic E-state index is 12.5. The lowest BCUT2D eigenvalue weighted by atomic mass is 9.91. The van der Waals surface area contributed by atoms with Gasteiger partial charge in [-0.25, -0.2) is 0 Å². The number of carbonyl (C=O) groups is 1. The van der Waals surface area contributed by atoms with Crippen molar-refractivity contribution in [2.24, 2.45) is 0 Å². The van der Waals surface area contributed by atoms with Gasteiger partial charge in [0.15, 0.2) is 0 Å². The Bertz CT molecular complexity index is 671. The highest BCUT2D eigenvalue weighted by molar-refractivity contribution is 7.14. The molecule has 7 heteroatoms. The summed E-state index contributed by atoms with van der Waals surface area (Å²) >= 11 is 1.57. The Kier molecular flexibility index (Phi) is 4.62. The van der Waals surface area contributed by atoms with Gasteiger partial charge in [0.05, 0.1) is 11.0 Å². The Morgan fingerprint density at radius 3 is 2.67 bits per heavy atom. The summed E-state index contributed by atoms with van der Waals surface area (Å²) in [6.45, 7) is 0.833. The van der Waals surface area contributed by atoms with Gasteiger partial charge in [0, 0.05) is 23.6 Å². The van der Waals surface area contributed by atoms with E-state index >= 15 is 0 Å². The molecule has 0 bridgehead atoms. The average Bonchev–Trinajstić information content (AvgIpc) is 3.35. The van der Waals surface area contributed by atoms with E-state index in [1.807, 2.05) is 12.1 Å². The number of rotatable bonds is 4. The summed E-state index contributed by atoms with van der Waals surface area (Å²) in [7, 11) is 0. The van der Waals surface area contributed by atoms with E-state index < -0.39 is 0 Å². The zero-order valence-electron chi connectivity index (χ0n) is 13.6. The van der Waals surface area contributed by atoms with Crippen LogP contribution >= 0.6 is 11.3 Å². The minimum absolute atomic E-state index is 0.0528. The van der Waals surface area contributed by atoms with E-state index in [-0.39, 0.29) is 18.1 Å². The molecule has 2 aromatic rings. The summed E-state index contributed by atoms with van der Waals surface area (Å²) in [6.07, 6.45) is 10.0. The van der Waals surface area contributed by atoms with Crippen LogP contribution in [0.15, 0.2) is 24.8 Å². The smallest absolute Gasteiger partial charge is 0.261 e. The number of hydrogen-bond donors (Lipinski definition) is 1. The molecule has 1 saturated carbocycles. The number of hydrogen-bond acceptors (Lipinski definition) is 5. The number of nitrogens with zero attached hydrogens (tertiary/aromatic N) is 3. The number of carbonyl (C=O) groups excluding carboxylic acids is 1. The van der Waals surface area contributed by atoms with Crippen molar-refractivity contribution in [3.05, 3.63) is 34.5 Å². The SMILES string of the molecule is O=C(NC1CCC(n2cnnc2)CC1)c1ccc([C@@H]2CCCO2)s1. The summed E-state index contributed by atoms with van der Waals surface area (Å²) in [4.78, 5) is 14.5. The first-order valence-corrected chi connectivity index (χ1v) is 9.47. The minimum Gasteiger partial charge on any atom is -0.373 e. The molecule has 0 spiro atoms. The van der Waals surface area contributed by atoms with Crippen molar-refractivity contribution in [1.29, 1.82) is 0 Å². The summed E-state index contributed by atoms with van der Waals surface area (Å²) in [5, 5.41) is 10.9. The zero-order valence-corrected chi connectivity index (χ0v) is 14.4. The molecular formula is C17H22N4O2S. The molecule has 128 valence electrons.